The van der Waals surface area contributed by atoms with Gasteiger partial charge in [-0.2, -0.15) is 0 Å². The minimum atomic E-state index is -0.613. The van der Waals surface area contributed by atoms with Crippen molar-refractivity contribution in [3.05, 3.63) is 52.5 Å². The van der Waals surface area contributed by atoms with Gasteiger partial charge in [0.2, 0.25) is 5.91 Å². The van der Waals surface area contributed by atoms with Crippen LogP contribution in [0.3, 0.4) is 0 Å². The van der Waals surface area contributed by atoms with Gasteiger partial charge >= 0.3 is 0 Å². The van der Waals surface area contributed by atoms with Gasteiger partial charge in [-0.05, 0) is 35.9 Å². The number of thiophene rings is 1. The molecular weight excluding hydrogens is 371 g/mol. The molecule has 2 aromatic rings. The molecule has 26 heavy (non-hydrogen) atoms. The zero-order valence-corrected chi connectivity index (χ0v) is 16.3. The van der Waals surface area contributed by atoms with Crippen molar-refractivity contribution in [3.8, 4) is 0 Å². The number of para-hydroxylation sites is 1. The first kappa shape index (κ1) is 18.9. The molecule has 4 nitrogen and oxygen atoms in total. The summed E-state index contributed by atoms with van der Waals surface area (Å²) < 4.78 is 13.9. The second-order valence-electron chi connectivity index (χ2n) is 6.59. The Kier molecular flexibility index (Phi) is 5.98. The van der Waals surface area contributed by atoms with Crippen molar-refractivity contribution in [2.24, 2.45) is 5.92 Å². The van der Waals surface area contributed by atoms with Crippen LogP contribution in [-0.2, 0) is 4.79 Å². The van der Waals surface area contributed by atoms with E-state index in [1.165, 1.54) is 23.5 Å². The average Bonchev–Trinajstić information content (AvgIpc) is 3.25. The van der Waals surface area contributed by atoms with Gasteiger partial charge in [-0.25, -0.2) is 4.39 Å². The van der Waals surface area contributed by atoms with Gasteiger partial charge in [0, 0.05) is 5.75 Å². The molecule has 138 valence electrons. The minimum Gasteiger partial charge on any atom is -0.322 e. The lowest BCUT2D eigenvalue weighted by atomic mass is 10.1. The molecule has 1 fully saturated rings. The van der Waals surface area contributed by atoms with Crippen molar-refractivity contribution in [2.45, 2.75) is 31.7 Å². The second kappa shape index (κ2) is 8.22. The first-order valence-corrected chi connectivity index (χ1v) is 10.4. The van der Waals surface area contributed by atoms with Crippen LogP contribution < -0.4 is 5.32 Å². The molecule has 7 heteroatoms. The van der Waals surface area contributed by atoms with Gasteiger partial charge in [0.05, 0.1) is 15.9 Å². The number of nitrogens with zero attached hydrogens (tertiary/aromatic N) is 1. The molecule has 2 heterocycles. The topological polar surface area (TPSA) is 49.4 Å². The Morgan fingerprint density at radius 3 is 2.69 bits per heavy atom. The highest BCUT2D eigenvalue weighted by atomic mass is 32.2. The SMILES string of the molecule is CC(C)C[C@H]1SC[C@H](C(=O)Nc2ccccc2F)N1C(=O)c1cccs1. The van der Waals surface area contributed by atoms with E-state index in [0.717, 1.165) is 6.42 Å². The van der Waals surface area contributed by atoms with Crippen LogP contribution in [0.15, 0.2) is 41.8 Å². The van der Waals surface area contributed by atoms with E-state index in [2.05, 4.69) is 19.2 Å². The van der Waals surface area contributed by atoms with Gasteiger partial charge in [-0.3, -0.25) is 9.59 Å². The summed E-state index contributed by atoms with van der Waals surface area (Å²) in [5.41, 5.74) is 0.137. The lowest BCUT2D eigenvalue weighted by Gasteiger charge is -2.29. The molecule has 1 aromatic heterocycles. The molecule has 1 aliphatic heterocycles. The number of carbonyl (C=O) groups excluding carboxylic acids is 2. The summed E-state index contributed by atoms with van der Waals surface area (Å²) in [4.78, 5) is 28.1. The Labute approximate surface area is 160 Å². The fourth-order valence-electron chi connectivity index (χ4n) is 2.93. The molecule has 0 radical (unpaired) electrons. The van der Waals surface area contributed by atoms with Crippen LogP contribution in [0.4, 0.5) is 10.1 Å². The van der Waals surface area contributed by atoms with Gasteiger partial charge in [0.1, 0.15) is 11.9 Å². The van der Waals surface area contributed by atoms with Crippen molar-refractivity contribution < 1.29 is 14.0 Å². The number of nitrogens with one attached hydrogen (secondary N) is 1. The van der Waals surface area contributed by atoms with E-state index in [1.807, 2.05) is 11.4 Å². The maximum Gasteiger partial charge on any atom is 0.265 e. The monoisotopic (exact) mass is 392 g/mol. The highest BCUT2D eigenvalue weighted by Gasteiger charge is 2.42. The number of hydrogen-bond acceptors (Lipinski definition) is 4. The Morgan fingerprint density at radius 2 is 2.04 bits per heavy atom. The van der Waals surface area contributed by atoms with E-state index < -0.39 is 11.9 Å². The van der Waals surface area contributed by atoms with E-state index >= 15 is 0 Å². The summed E-state index contributed by atoms with van der Waals surface area (Å²) in [6, 6.07) is 9.04. The number of thioether (sulfide) groups is 1. The van der Waals surface area contributed by atoms with Crippen molar-refractivity contribution in [1.29, 1.82) is 0 Å². The second-order valence-corrected chi connectivity index (χ2v) is 8.75. The third-order valence-corrected chi connectivity index (χ3v) is 6.34. The summed E-state index contributed by atoms with van der Waals surface area (Å²) in [6.07, 6.45) is 0.811. The fraction of sp³-hybridized carbons (Fsp3) is 0.368. The first-order valence-electron chi connectivity index (χ1n) is 8.50. The van der Waals surface area contributed by atoms with E-state index in [4.69, 9.17) is 0 Å². The molecule has 0 bridgehead atoms. The van der Waals surface area contributed by atoms with Gasteiger partial charge in [-0.1, -0.05) is 32.0 Å². The van der Waals surface area contributed by atoms with E-state index in [-0.39, 0.29) is 22.9 Å². The number of carbonyl (C=O) groups is 2. The Bertz CT molecular complexity index is 780. The number of benzene rings is 1. The largest absolute Gasteiger partial charge is 0.322 e. The predicted octanol–water partition coefficient (Wildman–Crippen LogP) is 4.46. The van der Waals surface area contributed by atoms with Crippen LogP contribution in [0.2, 0.25) is 0 Å². The van der Waals surface area contributed by atoms with Crippen LogP contribution in [0.1, 0.15) is 29.9 Å². The van der Waals surface area contributed by atoms with Crippen molar-refractivity contribution in [1.82, 2.24) is 4.90 Å². The number of amides is 2. The fourth-order valence-corrected chi connectivity index (χ4v) is 5.24. The molecule has 2 atom stereocenters. The third kappa shape index (κ3) is 4.10. The Morgan fingerprint density at radius 1 is 1.27 bits per heavy atom. The summed E-state index contributed by atoms with van der Waals surface area (Å²) in [6.45, 7) is 4.20. The molecule has 0 saturated carbocycles. The smallest absolute Gasteiger partial charge is 0.265 e. The summed E-state index contributed by atoms with van der Waals surface area (Å²) in [5.74, 6) is -0.0570. The van der Waals surface area contributed by atoms with E-state index in [1.54, 1.807) is 34.9 Å². The van der Waals surface area contributed by atoms with Crippen LogP contribution in [0.5, 0.6) is 0 Å². The van der Waals surface area contributed by atoms with Crippen LogP contribution in [0.25, 0.3) is 0 Å². The maximum atomic E-state index is 13.9. The number of hydrogen-bond donors (Lipinski definition) is 1. The quantitative estimate of drug-likeness (QED) is 0.818. The molecular formula is C19H21FN2O2S2. The standard InChI is InChI=1S/C19H21FN2O2S2/c1-12(2)10-17-22(19(24)16-8-5-9-25-16)15(11-26-17)18(23)21-14-7-4-3-6-13(14)20/h3-9,12,15,17H,10-11H2,1-2H3,(H,21,23)/t15-,17-/m1/s1. The zero-order valence-electron chi connectivity index (χ0n) is 14.6. The first-order chi connectivity index (χ1) is 12.5. The van der Waals surface area contributed by atoms with Crippen molar-refractivity contribution in [3.63, 3.8) is 0 Å². The lowest BCUT2D eigenvalue weighted by molar-refractivity contribution is -0.119. The van der Waals surface area contributed by atoms with E-state index in [0.29, 0.717) is 16.5 Å². The predicted molar refractivity (Wildman–Crippen MR) is 105 cm³/mol. The molecule has 1 N–H and O–H groups in total. The molecule has 1 saturated heterocycles. The number of halogens is 1. The highest BCUT2D eigenvalue weighted by molar-refractivity contribution is 8.00. The summed E-state index contributed by atoms with van der Waals surface area (Å²) in [7, 11) is 0. The summed E-state index contributed by atoms with van der Waals surface area (Å²) in [5, 5.41) is 4.43. The number of anilines is 1. The molecule has 0 aliphatic carbocycles. The molecule has 0 spiro atoms. The molecule has 1 aliphatic rings. The average molecular weight is 393 g/mol. The maximum absolute atomic E-state index is 13.9. The molecule has 0 unspecified atom stereocenters. The lowest BCUT2D eigenvalue weighted by Crippen LogP contribution is -2.47. The number of rotatable bonds is 5. The minimum absolute atomic E-state index is 0.0547. The van der Waals surface area contributed by atoms with Gasteiger partial charge < -0.3 is 10.2 Å². The molecule has 1 aromatic carbocycles. The van der Waals surface area contributed by atoms with E-state index in [9.17, 15) is 14.0 Å². The van der Waals surface area contributed by atoms with Crippen molar-refractivity contribution >= 4 is 40.6 Å². The van der Waals surface area contributed by atoms with Crippen LogP contribution >= 0.6 is 23.1 Å². The zero-order chi connectivity index (χ0) is 18.7. The van der Waals surface area contributed by atoms with Gasteiger partial charge in [-0.15, -0.1) is 23.1 Å². The Hall–Kier alpha value is -1.86. The highest BCUT2D eigenvalue weighted by Crippen LogP contribution is 2.35. The van der Waals surface area contributed by atoms with Crippen LogP contribution in [0, 0.1) is 11.7 Å². The van der Waals surface area contributed by atoms with Crippen LogP contribution in [-0.4, -0.2) is 33.9 Å². The van der Waals surface area contributed by atoms with Gasteiger partial charge in [0.25, 0.3) is 5.91 Å². The molecule has 3 rings (SSSR count). The molecule has 2 amide bonds. The van der Waals surface area contributed by atoms with Gasteiger partial charge in [0.15, 0.2) is 0 Å². The Balaban J connectivity index is 1.83. The summed E-state index contributed by atoms with van der Waals surface area (Å²) >= 11 is 2.98. The third-order valence-electron chi connectivity index (χ3n) is 4.17. The normalized spacial score (nSPS) is 19.8. The van der Waals surface area contributed by atoms with Crippen molar-refractivity contribution in [2.75, 3.05) is 11.1 Å².